The van der Waals surface area contributed by atoms with Gasteiger partial charge in [0, 0.05) is 11.1 Å². The second-order valence-electron chi connectivity index (χ2n) is 6.41. The normalized spacial score (nSPS) is 15.4. The van der Waals surface area contributed by atoms with Gasteiger partial charge in [-0.1, -0.05) is 48.0 Å². The van der Waals surface area contributed by atoms with Gasteiger partial charge in [0.15, 0.2) is 9.84 Å². The lowest BCUT2D eigenvalue weighted by molar-refractivity contribution is 0.0692. The first-order valence-electron chi connectivity index (χ1n) is 8.33. The van der Waals surface area contributed by atoms with Gasteiger partial charge in [0.05, 0.1) is 10.5 Å². The van der Waals surface area contributed by atoms with Gasteiger partial charge in [0.2, 0.25) is 0 Å². The summed E-state index contributed by atoms with van der Waals surface area (Å²) in [5.41, 5.74) is 1.66. The van der Waals surface area contributed by atoms with Crippen molar-refractivity contribution in [1.29, 1.82) is 0 Å². The van der Waals surface area contributed by atoms with Crippen LogP contribution in [-0.2, 0) is 9.84 Å². The molecule has 1 N–H and O–H groups in total. The van der Waals surface area contributed by atoms with Crippen LogP contribution in [-0.4, -0.2) is 19.5 Å². The Morgan fingerprint density at radius 2 is 1.59 bits per heavy atom. The van der Waals surface area contributed by atoms with Crippen LogP contribution in [0.1, 0.15) is 32.3 Å². The van der Waals surface area contributed by atoms with E-state index < -0.39 is 21.1 Å². The molecule has 0 spiro atoms. The molecule has 136 valence electrons. The molecule has 0 saturated heterocycles. The Labute approximate surface area is 156 Å². The first-order chi connectivity index (χ1) is 12.9. The van der Waals surface area contributed by atoms with E-state index in [0.717, 1.165) is 5.56 Å². The van der Waals surface area contributed by atoms with E-state index in [2.05, 4.69) is 0 Å². The maximum atomic E-state index is 13.6. The first-order valence-corrected chi connectivity index (χ1v) is 9.88. The minimum absolute atomic E-state index is 0.202. The van der Waals surface area contributed by atoms with Crippen LogP contribution in [0.5, 0.6) is 11.5 Å². The number of benzene rings is 3. The van der Waals surface area contributed by atoms with Crippen molar-refractivity contribution in [2.45, 2.75) is 17.1 Å². The van der Waals surface area contributed by atoms with Gasteiger partial charge in [-0.15, -0.1) is 0 Å². The van der Waals surface area contributed by atoms with Gasteiger partial charge in [-0.25, -0.2) is 13.2 Å². The highest BCUT2D eigenvalue weighted by Gasteiger charge is 2.39. The van der Waals surface area contributed by atoms with Crippen molar-refractivity contribution >= 4 is 15.8 Å². The molecule has 0 bridgehead atoms. The van der Waals surface area contributed by atoms with Gasteiger partial charge in [-0.2, -0.15) is 0 Å². The summed E-state index contributed by atoms with van der Waals surface area (Å²) in [5, 5.41) is 8.43. The number of carboxylic acid groups (broad SMARTS) is 1. The van der Waals surface area contributed by atoms with E-state index in [9.17, 15) is 18.3 Å². The topological polar surface area (TPSA) is 80.7 Å². The average molecular weight is 380 g/mol. The fourth-order valence-corrected chi connectivity index (χ4v) is 5.43. The van der Waals surface area contributed by atoms with E-state index >= 15 is 0 Å². The molecule has 0 saturated carbocycles. The van der Waals surface area contributed by atoms with Crippen molar-refractivity contribution in [3.63, 3.8) is 0 Å². The third kappa shape index (κ3) is 2.78. The number of aryl methyl sites for hydroxylation is 1. The number of hydrogen-bond acceptors (Lipinski definition) is 4. The number of para-hydroxylation sites is 1. The van der Waals surface area contributed by atoms with E-state index in [1.54, 1.807) is 36.4 Å². The molecule has 0 amide bonds. The van der Waals surface area contributed by atoms with Gasteiger partial charge in [0.1, 0.15) is 16.7 Å². The van der Waals surface area contributed by atoms with Crippen molar-refractivity contribution in [2.75, 3.05) is 0 Å². The van der Waals surface area contributed by atoms with E-state index in [1.165, 1.54) is 24.3 Å². The molecule has 3 aromatic rings. The summed E-state index contributed by atoms with van der Waals surface area (Å²) in [5.74, 6) is -0.366. The van der Waals surface area contributed by atoms with Gasteiger partial charge in [-0.3, -0.25) is 0 Å². The van der Waals surface area contributed by atoms with E-state index in [4.69, 9.17) is 4.74 Å². The summed E-state index contributed by atoms with van der Waals surface area (Å²) in [6.45, 7) is 1.87. The Kier molecular flexibility index (Phi) is 4.00. The molecule has 6 heteroatoms. The van der Waals surface area contributed by atoms with Crippen molar-refractivity contribution in [1.82, 2.24) is 0 Å². The maximum absolute atomic E-state index is 13.6. The number of aromatic carboxylic acids is 1. The summed E-state index contributed by atoms with van der Waals surface area (Å²) in [6.07, 6.45) is 0. The summed E-state index contributed by atoms with van der Waals surface area (Å²) in [4.78, 5) is 11.4. The summed E-state index contributed by atoms with van der Waals surface area (Å²) < 4.78 is 33.2. The minimum Gasteiger partial charge on any atom is -0.478 e. The molecule has 1 heterocycles. The van der Waals surface area contributed by atoms with Gasteiger partial charge in [0.25, 0.3) is 0 Å². The number of ether oxygens (including phenoxy) is 1. The SMILES string of the molecule is Cc1ccc2c(c1)C(S(=O)(=O)c1ccccc1C(=O)O)c1ccccc1O2. The maximum Gasteiger partial charge on any atom is 0.337 e. The molecule has 0 aromatic heterocycles. The van der Waals surface area contributed by atoms with Crippen LogP contribution in [0, 0.1) is 6.92 Å². The number of rotatable bonds is 3. The molecule has 0 fully saturated rings. The smallest absolute Gasteiger partial charge is 0.337 e. The third-order valence-electron chi connectivity index (χ3n) is 4.60. The predicted molar refractivity (Wildman–Crippen MR) is 100 cm³/mol. The van der Waals surface area contributed by atoms with E-state index in [1.807, 2.05) is 13.0 Å². The molecule has 5 nitrogen and oxygen atoms in total. The van der Waals surface area contributed by atoms with Gasteiger partial charge >= 0.3 is 5.97 Å². The highest BCUT2D eigenvalue weighted by atomic mass is 32.2. The van der Waals surface area contributed by atoms with Crippen LogP contribution in [0.25, 0.3) is 0 Å². The number of fused-ring (bicyclic) bond motifs is 2. The Balaban J connectivity index is 2.02. The Morgan fingerprint density at radius 3 is 2.37 bits per heavy atom. The fourth-order valence-electron chi connectivity index (χ4n) is 3.39. The standard InChI is InChI=1S/C21H16O5S/c1-13-10-11-18-16(12-13)20(14-6-2-4-8-17(14)26-18)27(24,25)19-9-5-3-7-15(19)21(22)23/h2-12,20H,1H3,(H,22,23). The van der Waals surface area contributed by atoms with Crippen LogP contribution >= 0.6 is 0 Å². The predicted octanol–water partition coefficient (Wildman–Crippen LogP) is 4.36. The lowest BCUT2D eigenvalue weighted by Crippen LogP contribution is -2.21. The van der Waals surface area contributed by atoms with E-state index in [0.29, 0.717) is 22.6 Å². The highest BCUT2D eigenvalue weighted by molar-refractivity contribution is 7.92. The zero-order valence-corrected chi connectivity index (χ0v) is 15.2. The van der Waals surface area contributed by atoms with Crippen LogP contribution in [0.4, 0.5) is 0 Å². The molecular weight excluding hydrogens is 364 g/mol. The van der Waals surface area contributed by atoms with Crippen LogP contribution in [0.2, 0.25) is 0 Å². The second-order valence-corrected chi connectivity index (χ2v) is 8.41. The average Bonchev–Trinajstić information content (AvgIpc) is 2.66. The third-order valence-corrected chi connectivity index (χ3v) is 6.70. The van der Waals surface area contributed by atoms with Crippen LogP contribution in [0.3, 0.4) is 0 Å². The lowest BCUT2D eigenvalue weighted by atomic mass is 9.98. The molecule has 27 heavy (non-hydrogen) atoms. The van der Waals surface area contributed by atoms with Crippen LogP contribution in [0.15, 0.2) is 71.6 Å². The first kappa shape index (κ1) is 17.3. The molecular formula is C21H16O5S. The number of carboxylic acids is 1. The van der Waals surface area contributed by atoms with E-state index in [-0.39, 0.29) is 10.5 Å². The monoisotopic (exact) mass is 380 g/mol. The van der Waals surface area contributed by atoms with Crippen molar-refractivity contribution in [2.24, 2.45) is 0 Å². The molecule has 0 aliphatic carbocycles. The number of sulfone groups is 1. The fraction of sp³-hybridized carbons (Fsp3) is 0.0952. The zero-order valence-electron chi connectivity index (χ0n) is 14.4. The molecule has 3 aromatic carbocycles. The Hall–Kier alpha value is -3.12. The van der Waals surface area contributed by atoms with Crippen molar-refractivity contribution < 1.29 is 23.1 Å². The molecule has 1 atom stereocenters. The molecule has 4 rings (SSSR count). The zero-order chi connectivity index (χ0) is 19.2. The summed E-state index contributed by atoms with van der Waals surface area (Å²) >= 11 is 0. The number of carbonyl (C=O) groups is 1. The summed E-state index contributed by atoms with van der Waals surface area (Å²) in [6, 6.07) is 18.0. The van der Waals surface area contributed by atoms with Crippen molar-refractivity contribution in [3.05, 3.63) is 89.0 Å². The second kappa shape index (κ2) is 6.25. The molecule has 0 radical (unpaired) electrons. The number of hydrogen-bond donors (Lipinski definition) is 1. The summed E-state index contributed by atoms with van der Waals surface area (Å²) in [7, 11) is -4.04. The van der Waals surface area contributed by atoms with Gasteiger partial charge < -0.3 is 9.84 Å². The largest absolute Gasteiger partial charge is 0.478 e. The Bertz CT molecular complexity index is 1160. The molecule has 1 aliphatic heterocycles. The van der Waals surface area contributed by atoms with Gasteiger partial charge in [-0.05, 0) is 31.2 Å². The molecule has 1 unspecified atom stereocenters. The van der Waals surface area contributed by atoms with Crippen LogP contribution < -0.4 is 4.74 Å². The highest BCUT2D eigenvalue weighted by Crippen LogP contribution is 2.48. The lowest BCUT2D eigenvalue weighted by Gasteiger charge is -2.28. The Morgan fingerprint density at radius 1 is 0.926 bits per heavy atom. The molecule has 1 aliphatic rings. The minimum atomic E-state index is -4.04. The van der Waals surface area contributed by atoms with Crippen molar-refractivity contribution in [3.8, 4) is 11.5 Å². The quantitative estimate of drug-likeness (QED) is 0.730.